The monoisotopic (exact) mass is 394 g/mol. The standard InChI is InChI=1S/C22H22N2O3S/c1-15-5-3-4-6-19(15)22-24-17(14-28-22)13-23-21(26)12-11-20(25)16-7-9-18(27-2)10-8-16/h3-10,14H,11-13H2,1-2H3,(H,23,26). The van der Waals surface area contributed by atoms with Gasteiger partial charge in [0.25, 0.3) is 0 Å². The van der Waals surface area contributed by atoms with E-state index in [1.807, 2.05) is 23.6 Å². The number of hydrogen-bond acceptors (Lipinski definition) is 5. The quantitative estimate of drug-likeness (QED) is 0.575. The third-order valence-corrected chi connectivity index (χ3v) is 5.31. The number of ether oxygens (including phenoxy) is 1. The second-order valence-electron chi connectivity index (χ2n) is 6.39. The fraction of sp³-hybridized carbons (Fsp3) is 0.227. The van der Waals surface area contributed by atoms with Crippen molar-refractivity contribution in [1.29, 1.82) is 0 Å². The zero-order chi connectivity index (χ0) is 19.9. The van der Waals surface area contributed by atoms with E-state index in [2.05, 4.69) is 23.3 Å². The Morgan fingerprint density at radius 1 is 1.07 bits per heavy atom. The number of hydrogen-bond donors (Lipinski definition) is 1. The Balaban J connectivity index is 1.48. The van der Waals surface area contributed by atoms with Gasteiger partial charge in [-0.05, 0) is 36.8 Å². The van der Waals surface area contributed by atoms with Gasteiger partial charge < -0.3 is 10.1 Å². The van der Waals surface area contributed by atoms with Crippen molar-refractivity contribution < 1.29 is 14.3 Å². The maximum absolute atomic E-state index is 12.2. The minimum Gasteiger partial charge on any atom is -0.497 e. The van der Waals surface area contributed by atoms with E-state index in [0.29, 0.717) is 17.9 Å². The molecule has 1 amide bonds. The van der Waals surface area contributed by atoms with Gasteiger partial charge in [0.2, 0.25) is 5.91 Å². The lowest BCUT2D eigenvalue weighted by Crippen LogP contribution is -2.23. The molecule has 1 aromatic heterocycles. The van der Waals surface area contributed by atoms with Gasteiger partial charge in [-0.2, -0.15) is 0 Å². The van der Waals surface area contributed by atoms with Gasteiger partial charge in [0.1, 0.15) is 10.8 Å². The van der Waals surface area contributed by atoms with E-state index in [1.54, 1.807) is 42.7 Å². The number of aromatic nitrogens is 1. The highest BCUT2D eigenvalue weighted by Crippen LogP contribution is 2.26. The number of nitrogens with zero attached hydrogens (tertiary/aromatic N) is 1. The Bertz CT molecular complexity index is 964. The second kappa shape index (κ2) is 9.28. The maximum Gasteiger partial charge on any atom is 0.220 e. The van der Waals surface area contributed by atoms with Crippen molar-refractivity contribution in [1.82, 2.24) is 10.3 Å². The Hall–Kier alpha value is -2.99. The molecule has 0 unspecified atom stereocenters. The molecule has 1 heterocycles. The second-order valence-corrected chi connectivity index (χ2v) is 7.25. The predicted molar refractivity (Wildman–Crippen MR) is 111 cm³/mol. The van der Waals surface area contributed by atoms with Crippen LogP contribution in [-0.2, 0) is 11.3 Å². The fourth-order valence-electron chi connectivity index (χ4n) is 2.75. The molecule has 0 saturated heterocycles. The average molecular weight is 394 g/mol. The Morgan fingerprint density at radius 2 is 1.82 bits per heavy atom. The van der Waals surface area contributed by atoms with Crippen LogP contribution in [0.15, 0.2) is 53.9 Å². The minimum absolute atomic E-state index is 0.0618. The lowest BCUT2D eigenvalue weighted by atomic mass is 10.1. The number of nitrogens with one attached hydrogen (secondary N) is 1. The predicted octanol–water partition coefficient (Wildman–Crippen LogP) is 4.41. The van der Waals surface area contributed by atoms with E-state index >= 15 is 0 Å². The SMILES string of the molecule is COc1ccc(C(=O)CCC(=O)NCc2csc(-c3ccccc3C)n2)cc1. The molecule has 3 aromatic rings. The summed E-state index contributed by atoms with van der Waals surface area (Å²) >= 11 is 1.56. The number of rotatable bonds is 8. The van der Waals surface area contributed by atoms with Crippen LogP contribution in [-0.4, -0.2) is 23.8 Å². The summed E-state index contributed by atoms with van der Waals surface area (Å²) < 4.78 is 5.08. The molecule has 3 rings (SSSR count). The number of methoxy groups -OCH3 is 1. The minimum atomic E-state index is -0.160. The summed E-state index contributed by atoms with van der Waals surface area (Å²) in [6.07, 6.45) is 0.323. The van der Waals surface area contributed by atoms with Crippen LogP contribution >= 0.6 is 11.3 Å². The third kappa shape index (κ3) is 5.04. The lowest BCUT2D eigenvalue weighted by molar-refractivity contribution is -0.121. The number of Topliss-reactive ketones (excluding diaryl/α,β-unsaturated/α-hetero) is 1. The number of amides is 1. The number of carbonyl (C=O) groups is 2. The fourth-order valence-corrected chi connectivity index (χ4v) is 3.66. The molecule has 6 heteroatoms. The summed E-state index contributed by atoms with van der Waals surface area (Å²) in [6, 6.07) is 15.0. The van der Waals surface area contributed by atoms with E-state index in [1.165, 1.54) is 5.56 Å². The molecule has 0 radical (unpaired) electrons. The molecule has 5 nitrogen and oxygen atoms in total. The summed E-state index contributed by atoms with van der Waals surface area (Å²) in [5, 5.41) is 5.73. The summed E-state index contributed by atoms with van der Waals surface area (Å²) in [4.78, 5) is 28.9. The smallest absolute Gasteiger partial charge is 0.220 e. The molecule has 0 bridgehead atoms. The van der Waals surface area contributed by atoms with E-state index in [0.717, 1.165) is 16.3 Å². The van der Waals surface area contributed by atoms with E-state index < -0.39 is 0 Å². The van der Waals surface area contributed by atoms with Crippen LogP contribution in [0.5, 0.6) is 5.75 Å². The highest BCUT2D eigenvalue weighted by Gasteiger charge is 2.11. The van der Waals surface area contributed by atoms with Crippen LogP contribution in [0.1, 0.15) is 34.5 Å². The van der Waals surface area contributed by atoms with Crippen molar-refractivity contribution in [3.8, 4) is 16.3 Å². The number of ketones is 1. The molecular formula is C22H22N2O3S. The van der Waals surface area contributed by atoms with Crippen molar-refractivity contribution in [2.75, 3.05) is 7.11 Å². The first-order valence-corrected chi connectivity index (χ1v) is 9.89. The Labute approximate surface area is 168 Å². The molecule has 1 N–H and O–H groups in total. The van der Waals surface area contributed by atoms with Crippen LogP contribution in [0, 0.1) is 6.92 Å². The van der Waals surface area contributed by atoms with Crippen molar-refractivity contribution >= 4 is 23.0 Å². The van der Waals surface area contributed by atoms with Gasteiger partial charge in [0.15, 0.2) is 5.78 Å². The normalized spacial score (nSPS) is 10.5. The van der Waals surface area contributed by atoms with Crippen LogP contribution in [0.3, 0.4) is 0 Å². The van der Waals surface area contributed by atoms with Gasteiger partial charge in [-0.25, -0.2) is 4.98 Å². The lowest BCUT2D eigenvalue weighted by Gasteiger charge is -2.05. The number of thiazole rings is 1. The summed E-state index contributed by atoms with van der Waals surface area (Å²) in [7, 11) is 1.58. The first-order valence-electron chi connectivity index (χ1n) is 9.01. The van der Waals surface area contributed by atoms with E-state index in [-0.39, 0.29) is 24.5 Å². The van der Waals surface area contributed by atoms with Gasteiger partial charge in [-0.1, -0.05) is 24.3 Å². The highest BCUT2D eigenvalue weighted by atomic mass is 32.1. The van der Waals surface area contributed by atoms with Crippen LogP contribution in [0.2, 0.25) is 0 Å². The van der Waals surface area contributed by atoms with Crippen molar-refractivity contribution in [2.45, 2.75) is 26.3 Å². The number of carbonyl (C=O) groups excluding carboxylic acids is 2. The van der Waals surface area contributed by atoms with Crippen LogP contribution in [0.4, 0.5) is 0 Å². The summed E-state index contributed by atoms with van der Waals surface area (Å²) in [5.41, 5.74) is 3.67. The average Bonchev–Trinajstić information content (AvgIpc) is 3.19. The van der Waals surface area contributed by atoms with E-state index in [9.17, 15) is 9.59 Å². The molecule has 144 valence electrons. The van der Waals surface area contributed by atoms with Gasteiger partial charge in [-0.3, -0.25) is 9.59 Å². The van der Waals surface area contributed by atoms with Gasteiger partial charge >= 0.3 is 0 Å². The third-order valence-electron chi connectivity index (χ3n) is 4.39. The maximum atomic E-state index is 12.2. The number of aryl methyl sites for hydroxylation is 1. The number of benzene rings is 2. The zero-order valence-electron chi connectivity index (χ0n) is 15.9. The molecule has 0 spiro atoms. The first-order chi connectivity index (χ1) is 13.6. The van der Waals surface area contributed by atoms with Gasteiger partial charge in [-0.15, -0.1) is 11.3 Å². The Morgan fingerprint density at radius 3 is 2.54 bits per heavy atom. The van der Waals surface area contributed by atoms with Crippen LogP contribution < -0.4 is 10.1 Å². The molecule has 0 aliphatic carbocycles. The summed E-state index contributed by atoms with van der Waals surface area (Å²) in [5.74, 6) is 0.475. The summed E-state index contributed by atoms with van der Waals surface area (Å²) in [6.45, 7) is 2.41. The Kier molecular flexibility index (Phi) is 6.55. The largest absolute Gasteiger partial charge is 0.497 e. The van der Waals surface area contributed by atoms with Crippen molar-refractivity contribution in [3.05, 3.63) is 70.7 Å². The molecule has 0 fully saturated rings. The van der Waals surface area contributed by atoms with Crippen LogP contribution in [0.25, 0.3) is 10.6 Å². The zero-order valence-corrected chi connectivity index (χ0v) is 16.7. The molecule has 2 aromatic carbocycles. The molecule has 0 saturated carbocycles. The first kappa shape index (κ1) is 19.8. The molecule has 28 heavy (non-hydrogen) atoms. The van der Waals surface area contributed by atoms with Gasteiger partial charge in [0, 0.05) is 29.3 Å². The molecule has 0 atom stereocenters. The van der Waals surface area contributed by atoms with Gasteiger partial charge in [0.05, 0.1) is 19.3 Å². The highest BCUT2D eigenvalue weighted by molar-refractivity contribution is 7.13. The van der Waals surface area contributed by atoms with E-state index in [4.69, 9.17) is 4.74 Å². The molecule has 0 aliphatic rings. The molecular weight excluding hydrogens is 372 g/mol. The topological polar surface area (TPSA) is 68.3 Å². The van der Waals surface area contributed by atoms with Crippen molar-refractivity contribution in [3.63, 3.8) is 0 Å². The molecule has 0 aliphatic heterocycles. The van der Waals surface area contributed by atoms with Crippen molar-refractivity contribution in [2.24, 2.45) is 0 Å².